The van der Waals surface area contributed by atoms with Crippen molar-refractivity contribution in [3.63, 3.8) is 0 Å². The lowest BCUT2D eigenvalue weighted by Gasteiger charge is -1.97. The third-order valence-corrected chi connectivity index (χ3v) is 4.47. The fraction of sp³-hybridized carbons (Fsp3) is 0.0667. The molecule has 0 atom stereocenters. The zero-order chi connectivity index (χ0) is 15.1. The molecule has 4 heterocycles. The van der Waals surface area contributed by atoms with Gasteiger partial charge in [-0.15, -0.1) is 11.3 Å². The Hall–Kier alpha value is -2.80. The maximum Gasteiger partial charge on any atom is 0.249 e. The molecule has 108 valence electrons. The highest BCUT2D eigenvalue weighted by Crippen LogP contribution is 2.34. The van der Waals surface area contributed by atoms with Gasteiger partial charge in [-0.05, 0) is 24.6 Å². The largest absolute Gasteiger partial charge is 0.305 e. The van der Waals surface area contributed by atoms with E-state index in [4.69, 9.17) is 0 Å². The highest BCUT2D eigenvalue weighted by Gasteiger charge is 2.14. The summed E-state index contributed by atoms with van der Waals surface area (Å²) in [5, 5.41) is 9.00. The summed E-state index contributed by atoms with van der Waals surface area (Å²) < 4.78 is 0. The van der Waals surface area contributed by atoms with Gasteiger partial charge in [-0.2, -0.15) is 5.10 Å². The molecule has 7 heteroatoms. The minimum Gasteiger partial charge on any atom is -0.305 e. The Bertz CT molecular complexity index is 1020. The maximum absolute atomic E-state index is 11.5. The van der Waals surface area contributed by atoms with E-state index in [1.807, 2.05) is 25.3 Å². The summed E-state index contributed by atoms with van der Waals surface area (Å²) in [6.07, 6.45) is 5.33. The predicted octanol–water partition coefficient (Wildman–Crippen LogP) is 2.75. The Balaban J connectivity index is 1.87. The van der Waals surface area contributed by atoms with Gasteiger partial charge in [0.05, 0.1) is 10.6 Å². The molecule has 0 spiro atoms. The Labute approximate surface area is 128 Å². The van der Waals surface area contributed by atoms with Crippen LogP contribution in [0.15, 0.2) is 41.6 Å². The Kier molecular flexibility index (Phi) is 2.87. The Morgan fingerprint density at radius 3 is 3.00 bits per heavy atom. The van der Waals surface area contributed by atoms with Crippen LogP contribution in [0.25, 0.3) is 32.2 Å². The Morgan fingerprint density at radius 2 is 2.18 bits per heavy atom. The first-order valence-electron chi connectivity index (χ1n) is 6.67. The molecule has 0 aliphatic rings. The number of rotatable bonds is 2. The van der Waals surface area contributed by atoms with Crippen LogP contribution in [-0.4, -0.2) is 25.1 Å². The van der Waals surface area contributed by atoms with Crippen LogP contribution >= 0.6 is 11.3 Å². The number of nitrogens with one attached hydrogen (secondary N) is 2. The fourth-order valence-electron chi connectivity index (χ4n) is 2.43. The quantitative estimate of drug-likeness (QED) is 0.596. The van der Waals surface area contributed by atoms with Crippen molar-refractivity contribution in [1.82, 2.24) is 25.1 Å². The van der Waals surface area contributed by atoms with Crippen molar-refractivity contribution in [2.24, 2.45) is 0 Å². The summed E-state index contributed by atoms with van der Waals surface area (Å²) in [7, 11) is 0. The number of fused-ring (bicyclic) bond motifs is 1. The van der Waals surface area contributed by atoms with Crippen molar-refractivity contribution in [1.29, 1.82) is 0 Å². The van der Waals surface area contributed by atoms with Crippen LogP contribution in [0.2, 0.25) is 0 Å². The van der Waals surface area contributed by atoms with Crippen LogP contribution in [0.5, 0.6) is 0 Å². The van der Waals surface area contributed by atoms with E-state index in [1.165, 1.54) is 0 Å². The van der Waals surface area contributed by atoms with E-state index in [-0.39, 0.29) is 5.56 Å². The smallest absolute Gasteiger partial charge is 0.249 e. The highest BCUT2D eigenvalue weighted by molar-refractivity contribution is 7.18. The number of hydrogen-bond acceptors (Lipinski definition) is 5. The van der Waals surface area contributed by atoms with Gasteiger partial charge in [0.2, 0.25) is 5.56 Å². The SMILES string of the molecule is Cc1cc(=O)[nH]c2n[nH]c(-c3cnc(-c4cccnc4)s3)c12. The molecule has 6 nitrogen and oxygen atoms in total. The molecule has 4 aromatic rings. The fourth-order valence-corrected chi connectivity index (χ4v) is 3.34. The Morgan fingerprint density at radius 1 is 1.27 bits per heavy atom. The molecule has 4 aromatic heterocycles. The highest BCUT2D eigenvalue weighted by atomic mass is 32.1. The minimum atomic E-state index is -0.150. The molecular formula is C15H11N5OS. The number of hydrogen-bond donors (Lipinski definition) is 2. The van der Waals surface area contributed by atoms with E-state index in [2.05, 4.69) is 25.1 Å². The second-order valence-corrected chi connectivity index (χ2v) is 5.94. The molecule has 0 aliphatic carbocycles. The lowest BCUT2D eigenvalue weighted by Crippen LogP contribution is -2.04. The number of pyridine rings is 2. The van der Waals surface area contributed by atoms with Gasteiger partial charge in [-0.1, -0.05) is 0 Å². The molecule has 4 rings (SSSR count). The van der Waals surface area contributed by atoms with E-state index in [9.17, 15) is 4.79 Å². The standard InChI is InChI=1S/C15H11N5OS/c1-8-5-11(21)18-14-12(8)13(19-20-14)10-7-17-15(22-10)9-3-2-4-16-6-9/h2-7H,1H3,(H2,18,19,20,21). The molecule has 0 unspecified atom stereocenters. The monoisotopic (exact) mass is 309 g/mol. The maximum atomic E-state index is 11.5. The lowest BCUT2D eigenvalue weighted by molar-refractivity contribution is 1.09. The van der Waals surface area contributed by atoms with E-state index in [0.717, 1.165) is 32.1 Å². The third kappa shape index (κ3) is 2.03. The van der Waals surface area contributed by atoms with Crippen molar-refractivity contribution in [2.75, 3.05) is 0 Å². The summed E-state index contributed by atoms with van der Waals surface area (Å²) >= 11 is 1.56. The van der Waals surface area contributed by atoms with Gasteiger partial charge in [0, 0.05) is 35.6 Å². The lowest BCUT2D eigenvalue weighted by atomic mass is 10.1. The average Bonchev–Trinajstić information content (AvgIpc) is 3.14. The van der Waals surface area contributed by atoms with Gasteiger partial charge >= 0.3 is 0 Å². The van der Waals surface area contributed by atoms with E-state index in [0.29, 0.717) is 5.65 Å². The number of H-pyrrole nitrogens is 2. The molecule has 0 aliphatic heterocycles. The average molecular weight is 309 g/mol. The molecule has 0 radical (unpaired) electrons. The van der Waals surface area contributed by atoms with Crippen molar-refractivity contribution >= 4 is 22.4 Å². The molecule has 0 aromatic carbocycles. The summed E-state index contributed by atoms with van der Waals surface area (Å²) in [5.74, 6) is 0. The molecular weight excluding hydrogens is 298 g/mol. The molecule has 2 N–H and O–H groups in total. The van der Waals surface area contributed by atoms with E-state index >= 15 is 0 Å². The predicted molar refractivity (Wildman–Crippen MR) is 85.8 cm³/mol. The van der Waals surface area contributed by atoms with Crippen LogP contribution in [0.1, 0.15) is 5.56 Å². The van der Waals surface area contributed by atoms with Gasteiger partial charge in [-0.25, -0.2) is 4.98 Å². The number of aryl methyl sites for hydroxylation is 1. The van der Waals surface area contributed by atoms with Crippen LogP contribution in [0.3, 0.4) is 0 Å². The number of aromatic nitrogens is 5. The number of nitrogens with zero attached hydrogens (tertiary/aromatic N) is 3. The zero-order valence-electron chi connectivity index (χ0n) is 11.6. The van der Waals surface area contributed by atoms with Crippen molar-refractivity contribution in [2.45, 2.75) is 6.92 Å². The van der Waals surface area contributed by atoms with E-state index < -0.39 is 0 Å². The first-order valence-corrected chi connectivity index (χ1v) is 7.48. The molecule has 22 heavy (non-hydrogen) atoms. The van der Waals surface area contributed by atoms with Crippen LogP contribution < -0.4 is 5.56 Å². The minimum absolute atomic E-state index is 0.150. The van der Waals surface area contributed by atoms with Gasteiger partial charge in [0.1, 0.15) is 5.01 Å². The van der Waals surface area contributed by atoms with Crippen molar-refractivity contribution < 1.29 is 0 Å². The van der Waals surface area contributed by atoms with Gasteiger partial charge in [-0.3, -0.25) is 14.9 Å². The first kappa shape index (κ1) is 12.9. The van der Waals surface area contributed by atoms with E-state index in [1.54, 1.807) is 29.8 Å². The van der Waals surface area contributed by atoms with Gasteiger partial charge < -0.3 is 4.98 Å². The van der Waals surface area contributed by atoms with Crippen molar-refractivity contribution in [3.05, 3.63) is 52.7 Å². The molecule has 0 bridgehead atoms. The second-order valence-electron chi connectivity index (χ2n) is 4.91. The molecule has 0 fully saturated rings. The topological polar surface area (TPSA) is 87.3 Å². The van der Waals surface area contributed by atoms with Gasteiger partial charge in [0.15, 0.2) is 5.65 Å². The zero-order valence-corrected chi connectivity index (χ0v) is 12.4. The number of thiazole rings is 1. The van der Waals surface area contributed by atoms with Crippen molar-refractivity contribution in [3.8, 4) is 21.1 Å². The second kappa shape index (κ2) is 4.88. The third-order valence-electron chi connectivity index (χ3n) is 3.41. The summed E-state index contributed by atoms with van der Waals surface area (Å²) in [6, 6.07) is 5.44. The normalized spacial score (nSPS) is 11.1. The van der Waals surface area contributed by atoms with Crippen LogP contribution in [0, 0.1) is 6.92 Å². The molecule has 0 saturated carbocycles. The van der Waals surface area contributed by atoms with Crippen LogP contribution in [0.4, 0.5) is 0 Å². The summed E-state index contributed by atoms with van der Waals surface area (Å²) in [4.78, 5) is 23.8. The molecule has 0 amide bonds. The summed E-state index contributed by atoms with van der Waals surface area (Å²) in [5.41, 5.74) is 3.16. The number of aromatic amines is 2. The molecule has 0 saturated heterocycles. The first-order chi connectivity index (χ1) is 10.7. The van der Waals surface area contributed by atoms with Crippen LogP contribution in [-0.2, 0) is 0 Å². The summed E-state index contributed by atoms with van der Waals surface area (Å²) in [6.45, 7) is 1.90. The van der Waals surface area contributed by atoms with Gasteiger partial charge in [0.25, 0.3) is 0 Å².